The zero-order valence-corrected chi connectivity index (χ0v) is 19.5. The highest BCUT2D eigenvalue weighted by Crippen LogP contribution is 2.41. The number of fused-ring (bicyclic) bond motifs is 4. The Bertz CT molecular complexity index is 1230. The Hall–Kier alpha value is -2.86. The van der Waals surface area contributed by atoms with Crippen LogP contribution in [-0.4, -0.2) is 0 Å². The molecule has 0 N–H and O–H groups in total. The Morgan fingerprint density at radius 3 is 2.34 bits per heavy atom. The van der Waals surface area contributed by atoms with Crippen molar-refractivity contribution in [2.45, 2.75) is 64.7 Å². The molecule has 0 bridgehead atoms. The van der Waals surface area contributed by atoms with Gasteiger partial charge >= 0.3 is 0 Å². The molecule has 0 heteroatoms. The quantitative estimate of drug-likeness (QED) is 0.294. The van der Waals surface area contributed by atoms with Crippen molar-refractivity contribution in [2.75, 3.05) is 0 Å². The van der Waals surface area contributed by atoms with Gasteiger partial charge in [0, 0.05) is 0 Å². The number of benzene rings is 4. The second kappa shape index (κ2) is 9.33. The molecule has 0 saturated carbocycles. The van der Waals surface area contributed by atoms with E-state index < -0.39 is 0 Å². The van der Waals surface area contributed by atoms with Crippen LogP contribution in [0, 0.1) is 0 Å². The molecule has 1 unspecified atom stereocenters. The fourth-order valence-corrected chi connectivity index (χ4v) is 5.69. The molecule has 0 saturated heterocycles. The minimum Gasteiger partial charge on any atom is -0.0654 e. The number of hydrogen-bond donors (Lipinski definition) is 0. The van der Waals surface area contributed by atoms with Gasteiger partial charge < -0.3 is 0 Å². The minimum atomic E-state index is 0.506. The van der Waals surface area contributed by atoms with Gasteiger partial charge in [-0.15, -0.1) is 0 Å². The summed E-state index contributed by atoms with van der Waals surface area (Å²) >= 11 is 0. The Morgan fingerprint density at radius 1 is 0.688 bits per heavy atom. The van der Waals surface area contributed by atoms with Gasteiger partial charge in [-0.05, 0) is 87.7 Å². The maximum atomic E-state index is 2.52. The summed E-state index contributed by atoms with van der Waals surface area (Å²) in [4.78, 5) is 0. The van der Waals surface area contributed by atoms with Crippen LogP contribution in [0.1, 0.15) is 66.8 Å². The van der Waals surface area contributed by atoms with Crippen molar-refractivity contribution in [3.05, 3.63) is 107 Å². The lowest BCUT2D eigenvalue weighted by molar-refractivity contribution is 0.681. The predicted molar refractivity (Wildman–Crippen MR) is 139 cm³/mol. The summed E-state index contributed by atoms with van der Waals surface area (Å²) in [6.45, 7) is 4.59. The fraction of sp³-hybridized carbons (Fsp3) is 0.312. The number of aryl methyl sites for hydroxylation is 2. The number of rotatable bonds is 6. The first-order valence-electron chi connectivity index (χ1n) is 12.5. The van der Waals surface area contributed by atoms with Crippen molar-refractivity contribution in [2.24, 2.45) is 0 Å². The van der Waals surface area contributed by atoms with E-state index in [9.17, 15) is 0 Å². The van der Waals surface area contributed by atoms with E-state index in [0.717, 1.165) is 19.3 Å². The van der Waals surface area contributed by atoms with Gasteiger partial charge in [0.05, 0.1) is 0 Å². The third-order valence-corrected chi connectivity index (χ3v) is 7.22. The SMILES string of the molecule is CCCCc1ccc2c(c1)CC(c1c(CCC)ccc3ccccc13)Cc1ccccc1-2. The second-order valence-corrected chi connectivity index (χ2v) is 9.47. The molecule has 0 heterocycles. The largest absolute Gasteiger partial charge is 0.0654 e. The summed E-state index contributed by atoms with van der Waals surface area (Å²) in [5.74, 6) is 0.506. The van der Waals surface area contributed by atoms with Crippen LogP contribution in [0.4, 0.5) is 0 Å². The van der Waals surface area contributed by atoms with Gasteiger partial charge in [-0.2, -0.15) is 0 Å². The van der Waals surface area contributed by atoms with Crippen LogP contribution in [0.2, 0.25) is 0 Å². The molecule has 0 radical (unpaired) electrons. The number of hydrogen-bond acceptors (Lipinski definition) is 0. The van der Waals surface area contributed by atoms with E-state index in [4.69, 9.17) is 0 Å². The third kappa shape index (κ3) is 3.99. The lowest BCUT2D eigenvalue weighted by atomic mass is 9.81. The third-order valence-electron chi connectivity index (χ3n) is 7.22. The van der Waals surface area contributed by atoms with Gasteiger partial charge in [0.2, 0.25) is 0 Å². The van der Waals surface area contributed by atoms with Crippen LogP contribution >= 0.6 is 0 Å². The Morgan fingerprint density at radius 2 is 1.47 bits per heavy atom. The topological polar surface area (TPSA) is 0 Å². The molecular formula is C32H34. The summed E-state index contributed by atoms with van der Waals surface area (Å²) in [6.07, 6.45) is 8.27. The van der Waals surface area contributed by atoms with E-state index in [1.165, 1.54) is 64.3 Å². The minimum absolute atomic E-state index is 0.506. The van der Waals surface area contributed by atoms with E-state index >= 15 is 0 Å². The summed E-state index contributed by atoms with van der Waals surface area (Å²) < 4.78 is 0. The Balaban J connectivity index is 1.68. The van der Waals surface area contributed by atoms with E-state index in [1.807, 2.05) is 0 Å². The molecule has 0 amide bonds. The van der Waals surface area contributed by atoms with Crippen LogP contribution in [0.15, 0.2) is 78.9 Å². The monoisotopic (exact) mass is 418 g/mol. The molecule has 0 spiro atoms. The molecule has 5 rings (SSSR count). The van der Waals surface area contributed by atoms with Gasteiger partial charge in [0.15, 0.2) is 0 Å². The van der Waals surface area contributed by atoms with Crippen LogP contribution in [0.5, 0.6) is 0 Å². The van der Waals surface area contributed by atoms with Crippen LogP contribution in [-0.2, 0) is 25.7 Å². The number of unbranched alkanes of at least 4 members (excludes halogenated alkanes) is 1. The molecule has 32 heavy (non-hydrogen) atoms. The maximum Gasteiger partial charge on any atom is -0.00717 e. The molecule has 0 aromatic heterocycles. The van der Waals surface area contributed by atoms with Crippen molar-refractivity contribution in [3.8, 4) is 11.1 Å². The first-order valence-corrected chi connectivity index (χ1v) is 12.5. The molecule has 1 aliphatic carbocycles. The molecule has 0 aliphatic heterocycles. The van der Waals surface area contributed by atoms with Gasteiger partial charge in [0.1, 0.15) is 0 Å². The van der Waals surface area contributed by atoms with Crippen molar-refractivity contribution in [1.82, 2.24) is 0 Å². The lowest BCUT2D eigenvalue weighted by Gasteiger charge is -2.22. The standard InChI is InChI=1S/C32H34/c1-3-5-11-23-16-19-30-27(20-23)22-28(21-26-13-7-8-14-29(26)30)32-25(10-4-2)18-17-24-12-6-9-15-31(24)32/h6-9,12-20,28H,3-5,10-11,21-22H2,1-2H3. The molecule has 0 nitrogen and oxygen atoms in total. The van der Waals surface area contributed by atoms with E-state index in [1.54, 1.807) is 11.1 Å². The summed E-state index contributed by atoms with van der Waals surface area (Å²) in [6, 6.07) is 30.1. The summed E-state index contributed by atoms with van der Waals surface area (Å²) in [5.41, 5.74) is 10.5. The van der Waals surface area contributed by atoms with Gasteiger partial charge in [-0.1, -0.05) is 106 Å². The van der Waals surface area contributed by atoms with Gasteiger partial charge in [-0.25, -0.2) is 0 Å². The summed E-state index contributed by atoms with van der Waals surface area (Å²) in [7, 11) is 0. The highest BCUT2D eigenvalue weighted by Gasteiger charge is 2.25. The maximum absolute atomic E-state index is 2.52. The summed E-state index contributed by atoms with van der Waals surface area (Å²) in [5, 5.41) is 2.82. The first kappa shape index (κ1) is 21.0. The van der Waals surface area contributed by atoms with Crippen molar-refractivity contribution in [3.63, 3.8) is 0 Å². The Kier molecular flexibility index (Phi) is 6.12. The molecule has 1 atom stereocenters. The van der Waals surface area contributed by atoms with Crippen molar-refractivity contribution < 1.29 is 0 Å². The van der Waals surface area contributed by atoms with Gasteiger partial charge in [-0.3, -0.25) is 0 Å². The fourth-order valence-electron chi connectivity index (χ4n) is 5.69. The normalized spacial score (nSPS) is 15.2. The highest BCUT2D eigenvalue weighted by molar-refractivity contribution is 5.88. The molecular weight excluding hydrogens is 384 g/mol. The van der Waals surface area contributed by atoms with Crippen LogP contribution < -0.4 is 0 Å². The predicted octanol–water partition coefficient (Wildman–Crippen LogP) is 8.68. The van der Waals surface area contributed by atoms with Crippen molar-refractivity contribution >= 4 is 10.8 Å². The second-order valence-electron chi connectivity index (χ2n) is 9.47. The van der Waals surface area contributed by atoms with Gasteiger partial charge in [0.25, 0.3) is 0 Å². The van der Waals surface area contributed by atoms with E-state index in [2.05, 4.69) is 92.7 Å². The van der Waals surface area contributed by atoms with Crippen LogP contribution in [0.25, 0.3) is 21.9 Å². The molecule has 162 valence electrons. The Labute approximate surface area is 193 Å². The van der Waals surface area contributed by atoms with E-state index in [0.29, 0.717) is 5.92 Å². The lowest BCUT2D eigenvalue weighted by Crippen LogP contribution is -2.09. The zero-order valence-electron chi connectivity index (χ0n) is 19.5. The molecule has 4 aromatic rings. The zero-order chi connectivity index (χ0) is 21.9. The average Bonchev–Trinajstić information content (AvgIpc) is 2.99. The van der Waals surface area contributed by atoms with E-state index in [-0.39, 0.29) is 0 Å². The molecule has 4 aromatic carbocycles. The van der Waals surface area contributed by atoms with Crippen LogP contribution in [0.3, 0.4) is 0 Å². The average molecular weight is 419 g/mol. The smallest absolute Gasteiger partial charge is 0.00717 e. The first-order chi connectivity index (χ1) is 15.8. The molecule has 0 fully saturated rings. The molecule has 1 aliphatic rings. The van der Waals surface area contributed by atoms with Crippen molar-refractivity contribution in [1.29, 1.82) is 0 Å². The highest BCUT2D eigenvalue weighted by atomic mass is 14.3.